The van der Waals surface area contributed by atoms with Gasteiger partial charge < -0.3 is 81.1 Å². The lowest BCUT2D eigenvalue weighted by Gasteiger charge is -2.31. The molecule has 28 heteroatoms. The van der Waals surface area contributed by atoms with Crippen molar-refractivity contribution in [3.8, 4) is 0 Å². The van der Waals surface area contributed by atoms with Crippen molar-refractivity contribution in [3.63, 3.8) is 0 Å². The molecule has 0 aromatic heterocycles. The summed E-state index contributed by atoms with van der Waals surface area (Å²) in [7, 11) is 11.6. The highest BCUT2D eigenvalue weighted by Gasteiger charge is 2.35. The summed E-state index contributed by atoms with van der Waals surface area (Å²) in [5.74, 6) is 0. The van der Waals surface area contributed by atoms with Crippen molar-refractivity contribution < 1.29 is 18.9 Å². The predicted octanol–water partition coefficient (Wildman–Crippen LogP) is 14.1. The number of hydrogen-bond donors (Lipinski definition) is 6. The van der Waals surface area contributed by atoms with Crippen LogP contribution in [0, 0.1) is 27.1 Å². The van der Waals surface area contributed by atoms with E-state index < -0.39 is 0 Å². The highest BCUT2D eigenvalue weighted by Crippen LogP contribution is 2.37. The van der Waals surface area contributed by atoms with E-state index in [1.165, 1.54) is 51.7 Å². The van der Waals surface area contributed by atoms with Crippen LogP contribution in [-0.2, 0) is 51.4 Å². The summed E-state index contributed by atoms with van der Waals surface area (Å²) in [6, 6.07) is 0. The maximum Gasteiger partial charge on any atom is 0.220 e. The molecule has 8 N–H and O–H groups in total. The summed E-state index contributed by atoms with van der Waals surface area (Å²) in [5.41, 5.74) is 20.8. The van der Waals surface area contributed by atoms with Gasteiger partial charge in [-0.15, -0.1) is 0 Å². The number of ether oxygens (including phenoxy) is 4. The second-order valence-corrected chi connectivity index (χ2v) is 38.8. The van der Waals surface area contributed by atoms with Crippen molar-refractivity contribution in [2.45, 2.75) is 230 Å². The van der Waals surface area contributed by atoms with Crippen molar-refractivity contribution in [1.82, 2.24) is 20.4 Å². The molecule has 6 aromatic carbocycles. The van der Waals surface area contributed by atoms with Crippen LogP contribution < -0.4 is 84.9 Å². The topological polar surface area (TPSA) is 259 Å². The smallest absolute Gasteiger partial charge is 0.220 e. The molecule has 0 atom stereocenters. The average molecular weight is 1740 g/mol. The molecule has 0 radical (unpaired) electrons. The lowest BCUT2D eigenvalue weighted by Crippen LogP contribution is -2.36. The van der Waals surface area contributed by atoms with Crippen LogP contribution >= 0.6 is 73.3 Å². The van der Waals surface area contributed by atoms with E-state index in [1.54, 1.807) is 0 Å². The summed E-state index contributed by atoms with van der Waals surface area (Å²) in [5, 5.41) is 12.2. The maximum atomic E-state index is 12.1. The number of likely N-dealkylation sites (N-methyl/N-ethyl adjacent to an activating group) is 4. The second-order valence-electron chi connectivity index (χ2n) is 36.3. The third-order valence-corrected chi connectivity index (χ3v) is 22.0. The third kappa shape index (κ3) is 34.6. The standard InChI is InChI=1S/C19H34N2OS.C18H32N2OS.C14H24N2O2S.2C13H22N2O2S.C12H20N2O2S/c1-7-11-21(12-8-2)14-10-9-13-20(6)16-15(19(3,4)5)18(23)17(16)22;1-7-11-20(8-2)13-10-9-12-19(6)15-14(18(3,4)5)17(22)16(15)21;1-14(2,3)10-11(12(17)13(10)19)16(5)7-9-18-8-6-15-4;1-13(2,3)9-10(11(16)12(9)18)15(4)6-8-17-7-5-14;1-13(2,3)9-10(11(16)12(9)18)15-6-8-17-7-5-14-4;1-12(2,3)8-9(10(15)11(8)17)14-5-7-16-6-4-13/h7-14H2,1-6H3;7-13H2,1-6H3;15H,6-9H2,1-5H3;5-8,14H2,1-4H3;14-15H,5-8H2,1-4H3;14H,4-7,13H2,1-3H3. The van der Waals surface area contributed by atoms with Crippen molar-refractivity contribution in [1.29, 1.82) is 0 Å². The largest absolute Gasteiger partial charge is 0.379 e. The fourth-order valence-electron chi connectivity index (χ4n) is 13.7. The van der Waals surface area contributed by atoms with Gasteiger partial charge in [0.2, 0.25) is 32.6 Å². The summed E-state index contributed by atoms with van der Waals surface area (Å²) in [6.07, 6.45) is 8.22. The van der Waals surface area contributed by atoms with Gasteiger partial charge in [0.1, 0.15) is 0 Å². The van der Waals surface area contributed by atoms with Gasteiger partial charge in [-0.25, -0.2) is 0 Å². The summed E-state index contributed by atoms with van der Waals surface area (Å²) < 4.78 is 24.4. The Morgan fingerprint density at radius 3 is 0.795 bits per heavy atom. The van der Waals surface area contributed by atoms with Crippen LogP contribution in [0.3, 0.4) is 0 Å². The number of unbranched alkanes of at least 4 members (excludes halogenated alkanes) is 2. The Morgan fingerprint density at radius 1 is 0.299 bits per heavy atom. The van der Waals surface area contributed by atoms with Crippen molar-refractivity contribution in [2.24, 2.45) is 11.5 Å². The Hall–Kier alpha value is -4.60. The molecule has 0 saturated carbocycles. The van der Waals surface area contributed by atoms with Gasteiger partial charge in [0.15, 0.2) is 0 Å². The number of anilines is 6. The Labute approximate surface area is 734 Å². The van der Waals surface area contributed by atoms with E-state index in [1.807, 2.05) is 72.9 Å². The Morgan fingerprint density at radius 2 is 0.530 bits per heavy atom. The van der Waals surface area contributed by atoms with Gasteiger partial charge in [0, 0.05) is 127 Å². The lowest BCUT2D eigenvalue weighted by molar-refractivity contribution is 0.144. The number of nitrogens with two attached hydrogens (primary N) is 2. The van der Waals surface area contributed by atoms with Gasteiger partial charge in [-0.3, -0.25) is 28.8 Å². The molecular weight excluding hydrogens is 1590 g/mol. The second kappa shape index (κ2) is 52.8. The first-order valence-corrected chi connectivity index (χ1v) is 44.6. The van der Waals surface area contributed by atoms with Gasteiger partial charge in [0.25, 0.3) is 0 Å². The van der Waals surface area contributed by atoms with Crippen LogP contribution in [0.2, 0.25) is 0 Å². The Kier molecular flexibility index (Phi) is 49.8. The highest BCUT2D eigenvalue weighted by atomic mass is 32.1. The fraction of sp³-hybridized carbons (Fsp3) is 0.730. The van der Waals surface area contributed by atoms with Gasteiger partial charge in [-0.05, 0) is 131 Å². The van der Waals surface area contributed by atoms with Crippen LogP contribution in [-0.4, -0.2) is 210 Å². The minimum absolute atomic E-state index is 0.00218. The van der Waals surface area contributed by atoms with Crippen molar-refractivity contribution in [3.05, 3.63) is 122 Å². The molecule has 0 unspecified atom stereocenters. The summed E-state index contributed by atoms with van der Waals surface area (Å²) in [6.45, 7) is 65.3. The maximum absolute atomic E-state index is 12.1. The zero-order valence-corrected chi connectivity index (χ0v) is 82.2. The van der Waals surface area contributed by atoms with Crippen LogP contribution in [0.25, 0.3) is 0 Å². The van der Waals surface area contributed by atoms with E-state index in [9.17, 15) is 28.8 Å². The first kappa shape index (κ1) is 110. The van der Waals surface area contributed by atoms with Crippen molar-refractivity contribution in [2.75, 3.05) is 230 Å². The summed E-state index contributed by atoms with van der Waals surface area (Å²) >= 11 is 31.0. The van der Waals surface area contributed by atoms with Gasteiger partial charge in [-0.1, -0.05) is 226 Å². The molecule has 0 amide bonds. The molecule has 0 heterocycles. The quantitative estimate of drug-likeness (QED) is 0.0153. The van der Waals surface area contributed by atoms with Crippen LogP contribution in [0.15, 0.2) is 28.8 Å². The van der Waals surface area contributed by atoms with Gasteiger partial charge >= 0.3 is 0 Å². The minimum Gasteiger partial charge on any atom is -0.379 e. The first-order valence-electron chi connectivity index (χ1n) is 42.2. The number of nitrogens with zero attached hydrogens (tertiary/aromatic N) is 6. The summed E-state index contributed by atoms with van der Waals surface area (Å²) in [4.78, 5) is 84.4. The molecule has 666 valence electrons. The molecule has 6 rings (SSSR count). The van der Waals surface area contributed by atoms with Crippen LogP contribution in [0.1, 0.15) is 231 Å². The van der Waals surface area contributed by atoms with E-state index in [2.05, 4.69) is 172 Å². The number of nitrogens with one attached hydrogen (secondary N) is 4. The zero-order chi connectivity index (χ0) is 89.9. The van der Waals surface area contributed by atoms with E-state index in [0.717, 1.165) is 115 Å². The molecule has 22 nitrogen and oxygen atoms in total. The molecule has 0 aliphatic carbocycles. The Balaban J connectivity index is 0.000000704. The molecule has 6 aromatic rings. The van der Waals surface area contributed by atoms with Gasteiger partial charge in [-0.2, -0.15) is 0 Å². The Bertz CT molecular complexity index is 4360. The predicted molar refractivity (Wildman–Crippen MR) is 515 cm³/mol. The first-order chi connectivity index (χ1) is 54.4. The van der Waals surface area contributed by atoms with Crippen LogP contribution in [0.5, 0.6) is 0 Å². The van der Waals surface area contributed by atoms with E-state index in [-0.39, 0.29) is 65.1 Å². The zero-order valence-electron chi connectivity index (χ0n) is 77.3. The molecular formula is C89H154N12O10S6. The molecule has 0 bridgehead atoms. The van der Waals surface area contributed by atoms with Crippen molar-refractivity contribution >= 4 is 107 Å². The molecule has 0 spiro atoms. The highest BCUT2D eigenvalue weighted by molar-refractivity contribution is 7.72. The SMILES string of the molecule is CC(C)(C)c1c(NCCOCCN)c(=O)c1=S.CCCN(CC)CCCCN(C)c1c(C(C)(C)C)c(=S)c1=O.CCCN(CCC)CCCCN(C)c1c(C(C)(C)C)c(=S)c1=O.CN(CCOCCN)c1c(C(C)(C)C)c(=S)c1=O.CNCCOCCN(C)c1c(C(C)(C)C)c(=S)c1=O.CNCCOCCNc1c(C(C)(C)C)c(=S)c1=O. The van der Waals surface area contributed by atoms with E-state index in [4.69, 9.17) is 104 Å². The van der Waals surface area contributed by atoms with Crippen LogP contribution in [0.4, 0.5) is 34.1 Å². The van der Waals surface area contributed by atoms with E-state index >= 15 is 0 Å². The monoisotopic (exact) mass is 1740 g/mol. The normalized spacial score (nSPS) is 12.1. The number of hydrogen-bond acceptors (Lipinski definition) is 28. The van der Waals surface area contributed by atoms with E-state index in [0.29, 0.717) is 131 Å². The molecule has 0 fully saturated rings. The third-order valence-electron chi connectivity index (χ3n) is 19.6. The average Bonchev–Trinajstić information content (AvgIpc) is 0.743. The minimum atomic E-state index is -0.0918. The molecule has 0 aliphatic rings. The molecule has 0 aliphatic heterocycles. The van der Waals surface area contributed by atoms with Gasteiger partial charge in [0.05, 0.1) is 114 Å². The lowest BCUT2D eigenvalue weighted by atomic mass is 9.82. The number of rotatable bonds is 45. The fourth-order valence-corrected chi connectivity index (χ4v) is 16.7. The molecule has 117 heavy (non-hydrogen) atoms. The molecule has 0 saturated heterocycles.